The molecule has 2 heterocycles. The van der Waals surface area contributed by atoms with Gasteiger partial charge in [-0.3, -0.25) is 0 Å². The Kier molecular flexibility index (Phi) is 8.33. The molecule has 2 N–H and O–H groups in total. The summed E-state index contributed by atoms with van der Waals surface area (Å²) in [5.41, 5.74) is -0.217. The van der Waals surface area contributed by atoms with Crippen molar-refractivity contribution in [1.82, 2.24) is 30.6 Å². The number of aldehydes is 1. The molecule has 13 heteroatoms. The monoisotopic (exact) mass is 556 g/mol. The van der Waals surface area contributed by atoms with Crippen molar-refractivity contribution in [2.75, 3.05) is 6.54 Å². The van der Waals surface area contributed by atoms with Crippen LogP contribution in [0.2, 0.25) is 0 Å². The number of ether oxygens (including phenoxy) is 1. The van der Waals surface area contributed by atoms with E-state index in [1.54, 1.807) is 69.3 Å². The van der Waals surface area contributed by atoms with Crippen molar-refractivity contribution in [3.05, 3.63) is 71.9 Å². The average Bonchev–Trinajstić information content (AvgIpc) is 3.55. The number of hydrogen-bond donors (Lipinski definition) is 2. The summed E-state index contributed by atoms with van der Waals surface area (Å²) < 4.78 is 52.4. The van der Waals surface area contributed by atoms with E-state index in [1.807, 2.05) is 6.07 Å². The summed E-state index contributed by atoms with van der Waals surface area (Å²) >= 11 is 0. The minimum absolute atomic E-state index is 0.0327. The van der Waals surface area contributed by atoms with Crippen LogP contribution in [0.4, 0.5) is 18.0 Å². The van der Waals surface area contributed by atoms with Crippen LogP contribution in [0.15, 0.2) is 65.2 Å². The Bertz CT molecular complexity index is 1460. The Morgan fingerprint density at radius 1 is 1.10 bits per heavy atom. The van der Waals surface area contributed by atoms with E-state index in [1.165, 1.54) is 0 Å². The van der Waals surface area contributed by atoms with Gasteiger partial charge in [-0.15, -0.1) is 0 Å². The predicted octanol–water partition coefficient (Wildman–Crippen LogP) is 4.79. The first-order chi connectivity index (χ1) is 18.9. The van der Waals surface area contributed by atoms with Crippen LogP contribution in [0.25, 0.3) is 28.7 Å². The van der Waals surface area contributed by atoms with Crippen LogP contribution in [0.5, 0.6) is 0 Å². The lowest BCUT2D eigenvalue weighted by atomic mass is 10.2. The molecular formula is C27H27F3N6O4. The van der Waals surface area contributed by atoms with Crippen molar-refractivity contribution >= 4 is 12.4 Å². The van der Waals surface area contributed by atoms with E-state index in [-0.39, 0.29) is 30.5 Å². The van der Waals surface area contributed by atoms with Gasteiger partial charge in [0.25, 0.3) is 5.89 Å². The molecule has 2 aromatic carbocycles. The molecule has 0 spiro atoms. The van der Waals surface area contributed by atoms with Crippen LogP contribution in [0, 0.1) is 0 Å². The summed E-state index contributed by atoms with van der Waals surface area (Å²) in [7, 11) is 0. The maximum absolute atomic E-state index is 13.6. The second kappa shape index (κ2) is 11.7. The molecule has 0 fully saturated rings. The fraction of sp³-hybridized carbons (Fsp3) is 0.296. The van der Waals surface area contributed by atoms with Gasteiger partial charge in [0.05, 0.1) is 5.69 Å². The number of carbonyl (C=O) groups excluding carboxylic acids is 2. The fourth-order valence-electron chi connectivity index (χ4n) is 3.66. The predicted molar refractivity (Wildman–Crippen MR) is 138 cm³/mol. The Balaban J connectivity index is 1.53. The summed E-state index contributed by atoms with van der Waals surface area (Å²) in [6.07, 6.45) is -4.85. The van der Waals surface area contributed by atoms with Gasteiger partial charge >= 0.3 is 12.3 Å². The molecule has 0 saturated carbocycles. The highest BCUT2D eigenvalue weighted by atomic mass is 19.4. The van der Waals surface area contributed by atoms with Gasteiger partial charge in [-0.2, -0.15) is 23.3 Å². The number of benzene rings is 2. The first-order valence-corrected chi connectivity index (χ1v) is 12.2. The van der Waals surface area contributed by atoms with Crippen molar-refractivity contribution in [2.24, 2.45) is 0 Å². The van der Waals surface area contributed by atoms with E-state index in [4.69, 9.17) is 9.26 Å². The number of carbonyl (C=O) groups is 2. The van der Waals surface area contributed by atoms with E-state index in [2.05, 4.69) is 25.9 Å². The SMILES string of the molecule is CC(C)(C)OC(=O)NC(C=O)CNCc1cccc(-n2nc(C(F)(F)F)cc2-c2nc(-c3ccccc3)no2)c1. The Morgan fingerprint density at radius 2 is 1.85 bits per heavy atom. The molecule has 0 saturated heterocycles. The van der Waals surface area contributed by atoms with Gasteiger partial charge in [-0.05, 0) is 38.5 Å². The van der Waals surface area contributed by atoms with Crippen LogP contribution in [-0.2, 0) is 22.3 Å². The zero-order chi connectivity index (χ0) is 28.9. The molecule has 0 aliphatic carbocycles. The van der Waals surface area contributed by atoms with Crippen LogP contribution in [0.1, 0.15) is 32.0 Å². The Labute approximate surface area is 227 Å². The summed E-state index contributed by atoms with van der Waals surface area (Å²) in [5.74, 6) is 0.0898. The number of rotatable bonds is 9. The largest absolute Gasteiger partial charge is 0.444 e. The molecule has 2 aromatic heterocycles. The van der Waals surface area contributed by atoms with E-state index in [0.29, 0.717) is 23.1 Å². The molecule has 0 aliphatic heterocycles. The third-order valence-corrected chi connectivity index (χ3v) is 5.39. The number of nitrogens with one attached hydrogen (secondary N) is 2. The smallest absolute Gasteiger partial charge is 0.435 e. The van der Waals surface area contributed by atoms with Gasteiger partial charge in [-0.1, -0.05) is 47.6 Å². The van der Waals surface area contributed by atoms with E-state index < -0.39 is 29.6 Å². The summed E-state index contributed by atoms with van der Waals surface area (Å²) in [6, 6.07) is 15.5. The van der Waals surface area contributed by atoms with Crippen LogP contribution in [0.3, 0.4) is 0 Å². The lowest BCUT2D eigenvalue weighted by Crippen LogP contribution is -2.45. The van der Waals surface area contributed by atoms with E-state index >= 15 is 0 Å². The van der Waals surface area contributed by atoms with Gasteiger partial charge in [0, 0.05) is 24.7 Å². The van der Waals surface area contributed by atoms with Gasteiger partial charge < -0.3 is 24.7 Å². The standard InChI is InChI=1S/C27H27F3N6O4/c1-26(2,3)39-25(38)32-19(16-37)15-31-14-17-8-7-11-20(12-17)36-21(13-22(34-36)27(28,29)30)24-33-23(35-40-24)18-9-5-4-6-10-18/h4-13,16,19,31H,14-15H2,1-3H3,(H,32,38). The number of alkyl carbamates (subject to hydrolysis) is 1. The minimum Gasteiger partial charge on any atom is -0.444 e. The maximum atomic E-state index is 13.6. The van der Waals surface area contributed by atoms with Crippen molar-refractivity contribution in [3.63, 3.8) is 0 Å². The molecule has 1 atom stereocenters. The molecule has 0 bridgehead atoms. The number of nitrogens with zero attached hydrogens (tertiary/aromatic N) is 4. The lowest BCUT2D eigenvalue weighted by Gasteiger charge is -2.21. The summed E-state index contributed by atoms with van der Waals surface area (Å²) in [5, 5.41) is 13.2. The molecule has 1 amide bonds. The Hall–Kier alpha value is -4.52. The van der Waals surface area contributed by atoms with Crippen LogP contribution < -0.4 is 10.6 Å². The maximum Gasteiger partial charge on any atom is 0.435 e. The minimum atomic E-state index is -4.70. The molecule has 10 nitrogen and oxygen atoms in total. The number of hydrogen-bond acceptors (Lipinski definition) is 8. The van der Waals surface area contributed by atoms with Crippen molar-refractivity contribution < 1.29 is 32.0 Å². The molecule has 40 heavy (non-hydrogen) atoms. The van der Waals surface area contributed by atoms with E-state index in [9.17, 15) is 22.8 Å². The highest BCUT2D eigenvalue weighted by Gasteiger charge is 2.36. The fourth-order valence-corrected chi connectivity index (χ4v) is 3.66. The first kappa shape index (κ1) is 28.5. The quantitative estimate of drug-likeness (QED) is 0.282. The Morgan fingerprint density at radius 3 is 2.52 bits per heavy atom. The normalized spacial score (nSPS) is 12.7. The highest BCUT2D eigenvalue weighted by molar-refractivity contribution is 5.73. The van der Waals surface area contributed by atoms with Crippen LogP contribution >= 0.6 is 0 Å². The topological polar surface area (TPSA) is 124 Å². The molecule has 0 radical (unpaired) electrons. The summed E-state index contributed by atoms with van der Waals surface area (Å²) in [4.78, 5) is 27.6. The second-order valence-corrected chi connectivity index (χ2v) is 9.80. The molecular weight excluding hydrogens is 529 g/mol. The van der Waals surface area contributed by atoms with Gasteiger partial charge in [-0.25, -0.2) is 9.48 Å². The third-order valence-electron chi connectivity index (χ3n) is 5.39. The van der Waals surface area contributed by atoms with E-state index in [0.717, 1.165) is 10.7 Å². The molecule has 4 rings (SSSR count). The molecule has 210 valence electrons. The van der Waals surface area contributed by atoms with Gasteiger partial charge in [0.15, 0.2) is 5.69 Å². The number of halogens is 3. The second-order valence-electron chi connectivity index (χ2n) is 9.80. The van der Waals surface area contributed by atoms with Gasteiger partial charge in [0.1, 0.15) is 23.6 Å². The number of amides is 1. The van der Waals surface area contributed by atoms with Gasteiger partial charge in [0.2, 0.25) is 5.82 Å². The van der Waals surface area contributed by atoms with Crippen molar-refractivity contribution in [3.8, 4) is 28.7 Å². The third kappa shape index (κ3) is 7.32. The zero-order valence-electron chi connectivity index (χ0n) is 21.9. The molecule has 1 unspecified atom stereocenters. The first-order valence-electron chi connectivity index (χ1n) is 12.2. The average molecular weight is 557 g/mol. The van der Waals surface area contributed by atoms with Crippen molar-refractivity contribution in [2.45, 2.75) is 45.1 Å². The zero-order valence-corrected chi connectivity index (χ0v) is 21.9. The molecule has 4 aromatic rings. The lowest BCUT2D eigenvalue weighted by molar-refractivity contribution is -0.141. The summed E-state index contributed by atoms with van der Waals surface area (Å²) in [6.45, 7) is 5.46. The van der Waals surface area contributed by atoms with Crippen LogP contribution in [-0.4, -0.2) is 50.5 Å². The number of alkyl halides is 3. The number of aromatic nitrogens is 4. The molecule has 0 aliphatic rings. The van der Waals surface area contributed by atoms with Crippen molar-refractivity contribution in [1.29, 1.82) is 0 Å². The highest BCUT2D eigenvalue weighted by Crippen LogP contribution is 2.33.